The van der Waals surface area contributed by atoms with Crippen LogP contribution < -0.4 is 5.73 Å². The lowest BCUT2D eigenvalue weighted by atomic mass is 10.1. The van der Waals surface area contributed by atoms with Crippen LogP contribution in [-0.2, 0) is 0 Å². The summed E-state index contributed by atoms with van der Waals surface area (Å²) in [6, 6.07) is 9.90. The number of hydrogen-bond acceptors (Lipinski definition) is 4. The summed E-state index contributed by atoms with van der Waals surface area (Å²) in [5, 5.41) is 12.0. The molecule has 7 heteroatoms. The highest BCUT2D eigenvalue weighted by molar-refractivity contribution is 6.33. The van der Waals surface area contributed by atoms with E-state index in [1.807, 2.05) is 0 Å². The number of nitrogen functional groups attached to an aromatic ring is 1. The molecule has 0 saturated heterocycles. The second kappa shape index (κ2) is 5.14. The molecule has 0 saturated carbocycles. The molecule has 2 aromatic carbocycles. The highest BCUT2D eigenvalue weighted by atomic mass is 35.5. The highest BCUT2D eigenvalue weighted by Gasteiger charge is 2.13. The summed E-state index contributed by atoms with van der Waals surface area (Å²) in [5.41, 5.74) is 8.01. The topological polar surface area (TPSA) is 69.6 Å². The molecule has 0 amide bonds. The Morgan fingerprint density at radius 1 is 1.19 bits per heavy atom. The molecule has 3 aromatic rings. The monoisotopic (exact) mass is 303 g/mol. The molecule has 0 bridgehead atoms. The SMILES string of the molecule is Cc1ccc(-n2nnnc2-c2ccc(Cl)c(N)c2)cc1F. The molecule has 0 aliphatic carbocycles. The number of aromatic nitrogens is 4. The maximum atomic E-state index is 13.7. The van der Waals surface area contributed by atoms with E-state index >= 15 is 0 Å². The Labute approximate surface area is 125 Å². The van der Waals surface area contributed by atoms with Gasteiger partial charge in [0.1, 0.15) is 5.82 Å². The van der Waals surface area contributed by atoms with E-state index in [4.69, 9.17) is 17.3 Å². The first-order valence-electron chi connectivity index (χ1n) is 6.16. The number of hydrogen-bond donors (Lipinski definition) is 1. The van der Waals surface area contributed by atoms with Crippen molar-refractivity contribution in [2.45, 2.75) is 6.92 Å². The normalized spacial score (nSPS) is 10.8. The van der Waals surface area contributed by atoms with Crippen LogP contribution in [0.3, 0.4) is 0 Å². The Morgan fingerprint density at radius 3 is 2.71 bits per heavy atom. The number of nitrogens with zero attached hydrogens (tertiary/aromatic N) is 4. The number of aryl methyl sites for hydroxylation is 1. The average Bonchev–Trinajstić information content (AvgIpc) is 2.94. The first-order chi connectivity index (χ1) is 10.1. The summed E-state index contributed by atoms with van der Waals surface area (Å²) in [4.78, 5) is 0. The molecule has 5 nitrogen and oxygen atoms in total. The summed E-state index contributed by atoms with van der Waals surface area (Å²) in [7, 11) is 0. The summed E-state index contributed by atoms with van der Waals surface area (Å²) >= 11 is 5.90. The van der Waals surface area contributed by atoms with E-state index in [1.54, 1.807) is 37.3 Å². The Bertz CT molecular complexity index is 749. The molecule has 21 heavy (non-hydrogen) atoms. The first kappa shape index (κ1) is 13.5. The average molecular weight is 304 g/mol. The molecule has 0 aliphatic heterocycles. The van der Waals surface area contributed by atoms with Gasteiger partial charge >= 0.3 is 0 Å². The third-order valence-electron chi connectivity index (χ3n) is 3.12. The van der Waals surface area contributed by atoms with Gasteiger partial charge in [-0.1, -0.05) is 17.7 Å². The van der Waals surface area contributed by atoms with E-state index in [9.17, 15) is 4.39 Å². The van der Waals surface area contributed by atoms with Crippen LogP contribution in [0.1, 0.15) is 5.56 Å². The third-order valence-corrected chi connectivity index (χ3v) is 3.47. The van der Waals surface area contributed by atoms with Crippen molar-refractivity contribution in [1.82, 2.24) is 20.2 Å². The summed E-state index contributed by atoms with van der Waals surface area (Å²) in [6.45, 7) is 1.69. The number of nitrogens with two attached hydrogens (primary N) is 1. The molecule has 0 aliphatic rings. The van der Waals surface area contributed by atoms with Crippen molar-refractivity contribution in [2.24, 2.45) is 0 Å². The predicted octanol–water partition coefficient (Wildman–Crippen LogP) is 3.01. The van der Waals surface area contributed by atoms with Crippen LogP contribution in [0.4, 0.5) is 10.1 Å². The van der Waals surface area contributed by atoms with Gasteiger partial charge in [-0.15, -0.1) is 5.10 Å². The van der Waals surface area contributed by atoms with Gasteiger partial charge in [-0.3, -0.25) is 0 Å². The number of rotatable bonds is 2. The summed E-state index contributed by atoms with van der Waals surface area (Å²) in [5.74, 6) is 0.145. The van der Waals surface area contributed by atoms with Crippen LogP contribution in [0.15, 0.2) is 36.4 Å². The van der Waals surface area contributed by atoms with Crippen molar-refractivity contribution in [1.29, 1.82) is 0 Å². The quantitative estimate of drug-likeness (QED) is 0.739. The molecule has 0 fully saturated rings. The predicted molar refractivity (Wildman–Crippen MR) is 78.7 cm³/mol. The van der Waals surface area contributed by atoms with Gasteiger partial charge in [0.2, 0.25) is 0 Å². The van der Waals surface area contributed by atoms with Crippen molar-refractivity contribution in [3.05, 3.63) is 52.8 Å². The molecule has 106 valence electrons. The van der Waals surface area contributed by atoms with E-state index in [2.05, 4.69) is 15.5 Å². The van der Waals surface area contributed by atoms with Crippen LogP contribution in [0, 0.1) is 12.7 Å². The van der Waals surface area contributed by atoms with Crippen molar-refractivity contribution in [3.63, 3.8) is 0 Å². The van der Waals surface area contributed by atoms with Gasteiger partial charge in [0.25, 0.3) is 0 Å². The zero-order valence-corrected chi connectivity index (χ0v) is 11.8. The van der Waals surface area contributed by atoms with E-state index in [0.717, 1.165) is 0 Å². The van der Waals surface area contributed by atoms with E-state index in [-0.39, 0.29) is 5.82 Å². The fourth-order valence-corrected chi connectivity index (χ4v) is 2.05. The van der Waals surface area contributed by atoms with Crippen LogP contribution in [0.2, 0.25) is 5.02 Å². The van der Waals surface area contributed by atoms with Gasteiger partial charge in [0.05, 0.1) is 16.4 Å². The van der Waals surface area contributed by atoms with Crippen LogP contribution in [-0.4, -0.2) is 20.2 Å². The molecular weight excluding hydrogens is 293 g/mol. The zero-order chi connectivity index (χ0) is 15.0. The van der Waals surface area contributed by atoms with Crippen molar-refractivity contribution in [3.8, 4) is 17.1 Å². The van der Waals surface area contributed by atoms with Gasteiger partial charge in [0, 0.05) is 5.56 Å². The molecule has 0 atom stereocenters. The summed E-state index contributed by atoms with van der Waals surface area (Å²) in [6.07, 6.45) is 0. The Morgan fingerprint density at radius 2 is 2.00 bits per heavy atom. The molecular formula is C14H11ClFN5. The highest BCUT2D eigenvalue weighted by Crippen LogP contribution is 2.26. The van der Waals surface area contributed by atoms with E-state index < -0.39 is 0 Å². The molecule has 3 rings (SSSR count). The zero-order valence-electron chi connectivity index (χ0n) is 11.1. The van der Waals surface area contributed by atoms with Gasteiger partial charge < -0.3 is 5.73 Å². The molecule has 1 heterocycles. The lowest BCUT2D eigenvalue weighted by molar-refractivity contribution is 0.615. The number of halogens is 2. The molecule has 0 spiro atoms. The van der Waals surface area contributed by atoms with Crippen LogP contribution in [0.25, 0.3) is 17.1 Å². The molecule has 0 radical (unpaired) electrons. The third kappa shape index (κ3) is 2.45. The second-order valence-corrected chi connectivity index (χ2v) is 4.99. The van der Waals surface area contributed by atoms with Gasteiger partial charge in [0.15, 0.2) is 5.82 Å². The van der Waals surface area contributed by atoms with Gasteiger partial charge in [-0.25, -0.2) is 4.39 Å². The second-order valence-electron chi connectivity index (χ2n) is 4.58. The van der Waals surface area contributed by atoms with Crippen molar-refractivity contribution < 1.29 is 4.39 Å². The minimum atomic E-state index is -0.315. The number of anilines is 1. The van der Waals surface area contributed by atoms with Crippen molar-refractivity contribution in [2.75, 3.05) is 5.73 Å². The maximum absolute atomic E-state index is 13.7. The van der Waals surface area contributed by atoms with Gasteiger partial charge in [-0.05, 0) is 53.2 Å². The number of benzene rings is 2. The Kier molecular flexibility index (Phi) is 3.31. The lowest BCUT2D eigenvalue weighted by Gasteiger charge is -2.07. The maximum Gasteiger partial charge on any atom is 0.187 e. The molecule has 1 aromatic heterocycles. The first-order valence-corrected chi connectivity index (χ1v) is 6.54. The summed E-state index contributed by atoms with van der Waals surface area (Å²) < 4.78 is 15.2. The van der Waals surface area contributed by atoms with E-state index in [0.29, 0.717) is 33.3 Å². The van der Waals surface area contributed by atoms with Crippen LogP contribution in [0.5, 0.6) is 0 Å². The van der Waals surface area contributed by atoms with Crippen LogP contribution >= 0.6 is 11.6 Å². The fourth-order valence-electron chi connectivity index (χ4n) is 1.94. The smallest absolute Gasteiger partial charge is 0.187 e. The standard InChI is InChI=1S/C14H11ClFN5/c1-8-2-4-10(7-12(8)16)21-14(18-19-20-21)9-3-5-11(15)13(17)6-9/h2-7H,17H2,1H3. The largest absolute Gasteiger partial charge is 0.398 e. The Hall–Kier alpha value is -2.47. The number of tetrazole rings is 1. The minimum Gasteiger partial charge on any atom is -0.398 e. The molecule has 2 N–H and O–H groups in total. The van der Waals surface area contributed by atoms with Gasteiger partial charge in [-0.2, -0.15) is 4.68 Å². The fraction of sp³-hybridized carbons (Fsp3) is 0.0714. The lowest BCUT2D eigenvalue weighted by Crippen LogP contribution is -2.01. The molecule has 0 unspecified atom stereocenters. The van der Waals surface area contributed by atoms with E-state index in [1.165, 1.54) is 10.7 Å². The minimum absolute atomic E-state index is 0.315. The Balaban J connectivity index is 2.12. The van der Waals surface area contributed by atoms with Crippen molar-refractivity contribution >= 4 is 17.3 Å².